The maximum atomic E-state index is 13.1. The highest BCUT2D eigenvalue weighted by atomic mass is 32.2. The number of thioether (sulfide) groups is 1. The van der Waals surface area contributed by atoms with Gasteiger partial charge in [-0.1, -0.05) is 53.1 Å². The Morgan fingerprint density at radius 2 is 1.97 bits per heavy atom. The zero-order valence-electron chi connectivity index (χ0n) is 17.8. The Kier molecular flexibility index (Phi) is 6.21. The Hall–Kier alpha value is -3.08. The van der Waals surface area contributed by atoms with Crippen molar-refractivity contribution in [3.63, 3.8) is 0 Å². The topological polar surface area (TPSA) is 85.8 Å². The zero-order valence-corrected chi connectivity index (χ0v) is 20.3. The second kappa shape index (κ2) is 9.42. The van der Waals surface area contributed by atoms with E-state index in [2.05, 4.69) is 20.5 Å². The van der Waals surface area contributed by atoms with Gasteiger partial charge in [0.2, 0.25) is 0 Å². The van der Waals surface area contributed by atoms with E-state index in [0.29, 0.717) is 22.8 Å². The lowest BCUT2D eigenvalue weighted by Gasteiger charge is -2.07. The minimum atomic E-state index is -0.278. The minimum Gasteiger partial charge on any atom is -0.451 e. The molecule has 3 heterocycles. The van der Waals surface area contributed by atoms with Crippen molar-refractivity contribution < 1.29 is 9.21 Å². The highest BCUT2D eigenvalue weighted by Crippen LogP contribution is 2.34. The summed E-state index contributed by atoms with van der Waals surface area (Å²) in [6.07, 6.45) is 3.68. The molecule has 0 aliphatic carbocycles. The number of nitrogens with zero attached hydrogens (tertiary/aromatic N) is 4. The maximum absolute atomic E-state index is 13.1. The molecule has 0 fully saturated rings. The van der Waals surface area contributed by atoms with E-state index in [1.807, 2.05) is 73.3 Å². The number of para-hydroxylation sites is 1. The van der Waals surface area contributed by atoms with Gasteiger partial charge in [0.25, 0.3) is 5.91 Å². The number of carbonyl (C=O) groups is 1. The summed E-state index contributed by atoms with van der Waals surface area (Å²) in [5.41, 5.74) is 2.24. The van der Waals surface area contributed by atoms with Crippen LogP contribution < -0.4 is 5.32 Å². The van der Waals surface area contributed by atoms with E-state index in [1.165, 1.54) is 11.3 Å². The Morgan fingerprint density at radius 3 is 2.70 bits per heavy atom. The standard InChI is InChI=1S/C23H19N5O2S3/c1-14-26-27-23(32-14)31-13-18-17-5-3-4-6-19(17)30-20(18)21(29)25-15-7-9-16(10-8-15)33-22-24-11-12-28(22)2/h3-12H,13H2,1-2H3,(H,25,29). The van der Waals surface area contributed by atoms with E-state index in [1.54, 1.807) is 29.7 Å². The minimum absolute atomic E-state index is 0.278. The first kappa shape index (κ1) is 21.7. The molecule has 10 heteroatoms. The van der Waals surface area contributed by atoms with Gasteiger partial charge in [0, 0.05) is 46.7 Å². The van der Waals surface area contributed by atoms with Crippen LogP contribution in [0.15, 0.2) is 79.7 Å². The van der Waals surface area contributed by atoms with Crippen LogP contribution in [0, 0.1) is 6.92 Å². The smallest absolute Gasteiger partial charge is 0.291 e. The Bertz CT molecular complexity index is 1420. The number of nitrogens with one attached hydrogen (secondary N) is 1. The SMILES string of the molecule is Cc1nnc(SCc2c(C(=O)Nc3ccc(Sc4nccn4C)cc3)oc3ccccc23)s1. The van der Waals surface area contributed by atoms with Crippen molar-refractivity contribution in [2.75, 3.05) is 5.32 Å². The molecule has 0 bridgehead atoms. The van der Waals surface area contributed by atoms with E-state index in [-0.39, 0.29) is 5.91 Å². The van der Waals surface area contributed by atoms with Crippen LogP contribution in [-0.4, -0.2) is 25.7 Å². The average molecular weight is 494 g/mol. The summed E-state index contributed by atoms with van der Waals surface area (Å²) in [6, 6.07) is 15.4. The number of fused-ring (bicyclic) bond motifs is 1. The molecule has 1 amide bonds. The molecule has 0 aliphatic heterocycles. The van der Waals surface area contributed by atoms with Crippen LogP contribution in [0.3, 0.4) is 0 Å². The molecule has 0 radical (unpaired) electrons. The van der Waals surface area contributed by atoms with Gasteiger partial charge in [-0.15, -0.1) is 10.2 Å². The number of rotatable bonds is 7. The second-order valence-corrected chi connectivity index (χ2v) is 10.6. The molecule has 0 saturated heterocycles. The fourth-order valence-corrected chi connectivity index (χ4v) is 5.89. The number of anilines is 1. The third-order valence-electron chi connectivity index (χ3n) is 4.85. The lowest BCUT2D eigenvalue weighted by Crippen LogP contribution is -2.12. The molecule has 0 aliphatic rings. The lowest BCUT2D eigenvalue weighted by molar-refractivity contribution is 0.0998. The number of furan rings is 1. The first-order valence-electron chi connectivity index (χ1n) is 10.1. The van der Waals surface area contributed by atoms with E-state index in [0.717, 1.165) is 30.3 Å². The number of carbonyl (C=O) groups excluding carboxylic acids is 1. The molecule has 0 atom stereocenters. The van der Waals surface area contributed by atoms with E-state index in [4.69, 9.17) is 4.42 Å². The number of benzene rings is 2. The largest absolute Gasteiger partial charge is 0.451 e. The van der Waals surface area contributed by atoms with Crippen molar-refractivity contribution in [2.24, 2.45) is 7.05 Å². The fourth-order valence-electron chi connectivity index (χ4n) is 3.25. The van der Waals surface area contributed by atoms with Gasteiger partial charge in [0.15, 0.2) is 15.3 Å². The normalized spacial score (nSPS) is 11.2. The molecule has 5 aromatic rings. The van der Waals surface area contributed by atoms with Crippen LogP contribution in [0.2, 0.25) is 0 Å². The van der Waals surface area contributed by atoms with Crippen molar-refractivity contribution in [1.82, 2.24) is 19.7 Å². The van der Waals surface area contributed by atoms with E-state index in [9.17, 15) is 4.79 Å². The summed E-state index contributed by atoms with van der Waals surface area (Å²) in [6.45, 7) is 1.92. The quantitative estimate of drug-likeness (QED) is 0.277. The van der Waals surface area contributed by atoms with Crippen molar-refractivity contribution in [2.45, 2.75) is 27.1 Å². The summed E-state index contributed by atoms with van der Waals surface area (Å²) in [5.74, 6) is 0.601. The molecule has 1 N–H and O–H groups in total. The second-order valence-electron chi connectivity index (χ2n) is 7.18. The highest BCUT2D eigenvalue weighted by molar-refractivity contribution is 8.00. The number of aryl methyl sites for hydroxylation is 2. The molecular weight excluding hydrogens is 474 g/mol. The highest BCUT2D eigenvalue weighted by Gasteiger charge is 2.21. The predicted octanol–water partition coefficient (Wildman–Crippen LogP) is 6.02. The predicted molar refractivity (Wildman–Crippen MR) is 132 cm³/mol. The van der Waals surface area contributed by atoms with E-state index >= 15 is 0 Å². The van der Waals surface area contributed by atoms with Gasteiger partial charge >= 0.3 is 0 Å². The van der Waals surface area contributed by atoms with Gasteiger partial charge in [-0.3, -0.25) is 4.79 Å². The molecule has 2 aromatic carbocycles. The molecular formula is C23H19N5O2S3. The summed E-state index contributed by atoms with van der Waals surface area (Å²) >= 11 is 4.65. The van der Waals surface area contributed by atoms with E-state index < -0.39 is 0 Å². The molecule has 5 rings (SSSR count). The summed E-state index contributed by atoms with van der Waals surface area (Å²) in [5, 5.41) is 13.9. The average Bonchev–Trinajstić information content (AvgIpc) is 3.52. The Labute approximate surface area is 202 Å². The van der Waals surface area contributed by atoms with Gasteiger partial charge in [-0.2, -0.15) is 0 Å². The van der Waals surface area contributed by atoms with Crippen molar-refractivity contribution in [3.05, 3.63) is 77.3 Å². The first-order valence-corrected chi connectivity index (χ1v) is 12.7. The van der Waals surface area contributed by atoms with Gasteiger partial charge < -0.3 is 14.3 Å². The molecule has 7 nitrogen and oxygen atoms in total. The molecule has 166 valence electrons. The first-order chi connectivity index (χ1) is 16.1. The zero-order chi connectivity index (χ0) is 22.8. The lowest BCUT2D eigenvalue weighted by atomic mass is 10.1. The molecule has 0 unspecified atom stereocenters. The van der Waals surface area contributed by atoms with Crippen LogP contribution in [0.1, 0.15) is 21.1 Å². The molecule has 3 aromatic heterocycles. The third-order valence-corrected chi connectivity index (χ3v) is 7.93. The monoisotopic (exact) mass is 493 g/mol. The van der Waals surface area contributed by atoms with Gasteiger partial charge in [0.05, 0.1) is 0 Å². The summed E-state index contributed by atoms with van der Waals surface area (Å²) in [4.78, 5) is 18.5. The van der Waals surface area contributed by atoms with Crippen molar-refractivity contribution >= 4 is 57.4 Å². The van der Waals surface area contributed by atoms with Gasteiger partial charge in [-0.05, 0) is 37.3 Å². The third kappa shape index (κ3) is 4.82. The van der Waals surface area contributed by atoms with Crippen molar-refractivity contribution in [1.29, 1.82) is 0 Å². The molecule has 33 heavy (non-hydrogen) atoms. The number of imidazole rings is 1. The van der Waals surface area contributed by atoms with Crippen LogP contribution in [0.4, 0.5) is 5.69 Å². The number of hydrogen-bond donors (Lipinski definition) is 1. The van der Waals surface area contributed by atoms with Crippen LogP contribution >= 0.6 is 34.9 Å². The van der Waals surface area contributed by atoms with Gasteiger partial charge in [-0.25, -0.2) is 4.98 Å². The number of aromatic nitrogens is 4. The van der Waals surface area contributed by atoms with Crippen LogP contribution in [0.25, 0.3) is 11.0 Å². The Balaban J connectivity index is 1.35. The van der Waals surface area contributed by atoms with Crippen molar-refractivity contribution in [3.8, 4) is 0 Å². The van der Waals surface area contributed by atoms with Crippen LogP contribution in [-0.2, 0) is 12.8 Å². The van der Waals surface area contributed by atoms with Gasteiger partial charge in [0.1, 0.15) is 10.6 Å². The summed E-state index contributed by atoms with van der Waals surface area (Å²) in [7, 11) is 1.96. The molecule has 0 spiro atoms. The molecule has 0 saturated carbocycles. The number of hydrogen-bond acceptors (Lipinski definition) is 8. The Morgan fingerprint density at radius 1 is 1.15 bits per heavy atom. The maximum Gasteiger partial charge on any atom is 0.291 e. The fraction of sp³-hybridized carbons (Fsp3) is 0.130. The number of amides is 1. The summed E-state index contributed by atoms with van der Waals surface area (Å²) < 4.78 is 8.79. The van der Waals surface area contributed by atoms with Crippen LogP contribution in [0.5, 0.6) is 0 Å².